The Bertz CT molecular complexity index is 1390. The minimum atomic E-state index is -1.54. The molecule has 5 rings (SSSR count). The number of benzene rings is 3. The summed E-state index contributed by atoms with van der Waals surface area (Å²) in [6.45, 7) is 0.394. The minimum Gasteiger partial charge on any atom is -0.489 e. The fourth-order valence-corrected chi connectivity index (χ4v) is 4.68. The Balaban J connectivity index is 1.29. The Morgan fingerprint density at radius 1 is 1.03 bits per heavy atom. The third-order valence-electron chi connectivity index (χ3n) is 6.67. The van der Waals surface area contributed by atoms with Gasteiger partial charge in [-0.25, -0.2) is 9.69 Å². The van der Waals surface area contributed by atoms with Gasteiger partial charge in [0.05, 0.1) is 11.7 Å². The van der Waals surface area contributed by atoms with Crippen molar-refractivity contribution >= 4 is 24.6 Å². The lowest BCUT2D eigenvalue weighted by Gasteiger charge is -2.22. The number of carbonyl (C=O) groups is 2. The van der Waals surface area contributed by atoms with Crippen LogP contribution >= 0.6 is 0 Å². The highest BCUT2D eigenvalue weighted by Gasteiger charge is 2.39. The van der Waals surface area contributed by atoms with Gasteiger partial charge in [0.15, 0.2) is 0 Å². The van der Waals surface area contributed by atoms with Gasteiger partial charge in [-0.3, -0.25) is 4.79 Å². The first-order chi connectivity index (χ1) is 19.0. The quantitative estimate of drug-likeness (QED) is 0.303. The number of imide groups is 1. The van der Waals surface area contributed by atoms with Crippen LogP contribution in [0.25, 0.3) is 0 Å². The molecule has 1 aromatic heterocycles. The van der Waals surface area contributed by atoms with E-state index in [1.807, 2.05) is 48.5 Å². The van der Waals surface area contributed by atoms with Gasteiger partial charge in [0, 0.05) is 18.4 Å². The van der Waals surface area contributed by atoms with Gasteiger partial charge in [-0.05, 0) is 40.7 Å². The highest BCUT2D eigenvalue weighted by molar-refractivity contribution is 6.58. The van der Waals surface area contributed by atoms with Crippen molar-refractivity contribution in [3.8, 4) is 5.75 Å². The topological polar surface area (TPSA) is 122 Å². The minimum absolute atomic E-state index is 0.00338. The second-order valence-corrected chi connectivity index (χ2v) is 9.34. The number of rotatable bonds is 10. The Labute approximate surface area is 225 Å². The molecule has 3 aromatic carbocycles. The number of aromatic nitrogens is 1. The van der Waals surface area contributed by atoms with E-state index in [4.69, 9.17) is 14.0 Å². The van der Waals surface area contributed by atoms with E-state index in [0.717, 1.165) is 16.7 Å². The van der Waals surface area contributed by atoms with Crippen LogP contribution in [0, 0.1) is 0 Å². The van der Waals surface area contributed by atoms with E-state index in [-0.39, 0.29) is 31.6 Å². The average Bonchev–Trinajstić information content (AvgIpc) is 3.62. The summed E-state index contributed by atoms with van der Waals surface area (Å²) in [5.74, 6) is -0.193. The Morgan fingerprint density at radius 2 is 1.79 bits per heavy atom. The Kier molecular flexibility index (Phi) is 8.05. The fraction of sp³-hybridized carbons (Fsp3) is 0.207. The summed E-state index contributed by atoms with van der Waals surface area (Å²) >= 11 is 0. The van der Waals surface area contributed by atoms with E-state index in [2.05, 4.69) is 5.16 Å². The molecule has 198 valence electrons. The number of carbonyl (C=O) groups excluding carboxylic acids is 2. The van der Waals surface area contributed by atoms with Gasteiger partial charge in [0.25, 0.3) is 0 Å². The molecule has 0 saturated carbocycles. The molecule has 1 unspecified atom stereocenters. The monoisotopic (exact) mass is 526 g/mol. The molecule has 0 bridgehead atoms. The first kappa shape index (κ1) is 26.2. The normalized spacial score (nSPS) is 15.6. The number of ether oxygens (including phenoxy) is 2. The van der Waals surface area contributed by atoms with Crippen LogP contribution < -0.4 is 10.2 Å². The van der Waals surface area contributed by atoms with Crippen LogP contribution in [0.2, 0.25) is 0 Å². The number of hydrogen-bond donors (Lipinski definition) is 2. The van der Waals surface area contributed by atoms with Crippen LogP contribution in [0.5, 0.6) is 5.75 Å². The Hall–Kier alpha value is -4.41. The van der Waals surface area contributed by atoms with E-state index < -0.39 is 19.1 Å². The smallest absolute Gasteiger partial charge is 0.488 e. The van der Waals surface area contributed by atoms with Gasteiger partial charge in [0.2, 0.25) is 5.91 Å². The van der Waals surface area contributed by atoms with Crippen molar-refractivity contribution in [3.63, 3.8) is 0 Å². The zero-order valence-electron chi connectivity index (χ0n) is 21.1. The van der Waals surface area contributed by atoms with Gasteiger partial charge < -0.3 is 24.0 Å². The van der Waals surface area contributed by atoms with Crippen molar-refractivity contribution in [1.82, 2.24) is 10.1 Å². The highest BCUT2D eigenvalue weighted by atomic mass is 16.6. The van der Waals surface area contributed by atoms with Crippen molar-refractivity contribution in [1.29, 1.82) is 0 Å². The van der Waals surface area contributed by atoms with Crippen LogP contribution in [0.4, 0.5) is 4.79 Å². The maximum Gasteiger partial charge on any atom is 0.488 e. The Morgan fingerprint density at radius 3 is 2.51 bits per heavy atom. The molecule has 2 atom stereocenters. The van der Waals surface area contributed by atoms with Gasteiger partial charge in [-0.15, -0.1) is 0 Å². The molecule has 2 heterocycles. The molecule has 0 spiro atoms. The number of nitrogens with zero attached hydrogens (tertiary/aromatic N) is 2. The van der Waals surface area contributed by atoms with E-state index in [1.165, 1.54) is 11.2 Å². The third-order valence-corrected chi connectivity index (χ3v) is 6.67. The molecule has 1 aliphatic rings. The molecule has 10 heteroatoms. The van der Waals surface area contributed by atoms with Crippen LogP contribution in [0.15, 0.2) is 95.7 Å². The third kappa shape index (κ3) is 6.36. The van der Waals surface area contributed by atoms with E-state index in [1.54, 1.807) is 36.4 Å². The summed E-state index contributed by atoms with van der Waals surface area (Å²) in [7, 11) is -1.54. The van der Waals surface area contributed by atoms with Crippen LogP contribution in [-0.2, 0) is 22.6 Å². The molecule has 1 saturated heterocycles. The van der Waals surface area contributed by atoms with Crippen LogP contribution in [0.1, 0.15) is 34.7 Å². The molecule has 39 heavy (non-hydrogen) atoms. The van der Waals surface area contributed by atoms with Crippen molar-refractivity contribution in [2.24, 2.45) is 0 Å². The summed E-state index contributed by atoms with van der Waals surface area (Å²) < 4.78 is 16.2. The second-order valence-electron chi connectivity index (χ2n) is 9.34. The zero-order valence-corrected chi connectivity index (χ0v) is 21.1. The average molecular weight is 526 g/mol. The predicted molar refractivity (Wildman–Crippen MR) is 142 cm³/mol. The lowest BCUT2D eigenvalue weighted by Crippen LogP contribution is -2.40. The molecular weight excluding hydrogens is 499 g/mol. The summed E-state index contributed by atoms with van der Waals surface area (Å²) in [4.78, 5) is 27.2. The maximum atomic E-state index is 13.4. The summed E-state index contributed by atoms with van der Waals surface area (Å²) in [5, 5.41) is 22.8. The zero-order chi connectivity index (χ0) is 27.2. The highest BCUT2D eigenvalue weighted by Crippen LogP contribution is 2.31. The molecule has 1 fully saturated rings. The first-order valence-corrected chi connectivity index (χ1v) is 12.6. The molecular formula is C29H27BN2O7. The van der Waals surface area contributed by atoms with Gasteiger partial charge in [0.1, 0.15) is 25.2 Å². The summed E-state index contributed by atoms with van der Waals surface area (Å²) in [6, 6.07) is 25.1. The van der Waals surface area contributed by atoms with Crippen LogP contribution in [-0.4, -0.2) is 51.9 Å². The number of amides is 2. The predicted octanol–water partition coefficient (Wildman–Crippen LogP) is 3.05. The van der Waals surface area contributed by atoms with Gasteiger partial charge in [-0.1, -0.05) is 71.9 Å². The lowest BCUT2D eigenvalue weighted by atomic mass is 9.80. The largest absolute Gasteiger partial charge is 0.489 e. The lowest BCUT2D eigenvalue weighted by molar-refractivity contribution is -0.129. The maximum absolute atomic E-state index is 13.4. The van der Waals surface area contributed by atoms with E-state index in [9.17, 15) is 19.6 Å². The van der Waals surface area contributed by atoms with E-state index >= 15 is 0 Å². The number of cyclic esters (lactones) is 1. The SMILES string of the molecule is O=C(C[C@@H](c1ccc(OCc2cccc(B(O)O)c2)cc1)c1ccon1)N1C(=O)OCC1Cc1ccccc1. The van der Waals surface area contributed by atoms with Gasteiger partial charge >= 0.3 is 13.2 Å². The fourth-order valence-electron chi connectivity index (χ4n) is 4.68. The molecule has 1 aliphatic heterocycles. The first-order valence-electron chi connectivity index (χ1n) is 12.6. The molecule has 0 radical (unpaired) electrons. The van der Waals surface area contributed by atoms with Crippen molar-refractivity contribution in [2.45, 2.75) is 31.4 Å². The molecule has 4 aromatic rings. The summed E-state index contributed by atoms with van der Waals surface area (Å²) in [5.41, 5.74) is 3.57. The molecule has 2 amide bonds. The van der Waals surface area contributed by atoms with Crippen molar-refractivity contribution in [3.05, 3.63) is 114 Å². The van der Waals surface area contributed by atoms with Crippen molar-refractivity contribution < 1.29 is 33.6 Å². The van der Waals surface area contributed by atoms with Gasteiger partial charge in [-0.2, -0.15) is 0 Å². The molecule has 0 aliphatic carbocycles. The van der Waals surface area contributed by atoms with Crippen molar-refractivity contribution in [2.75, 3.05) is 6.61 Å². The number of hydrogen-bond acceptors (Lipinski definition) is 8. The van der Waals surface area contributed by atoms with Crippen LogP contribution in [0.3, 0.4) is 0 Å². The standard InChI is InChI=1S/C29H27BN2O7/c33-28(32-24(19-38-29(32)34)16-20-5-2-1-3-6-20)17-26(27-13-14-39-31-27)22-9-11-25(12-10-22)37-18-21-7-4-8-23(15-21)30(35)36/h1-15,24,26,35-36H,16-19H2/t24?,26-/m0/s1. The second kappa shape index (κ2) is 12.0. The summed E-state index contributed by atoms with van der Waals surface area (Å²) in [6.07, 6.45) is 1.33. The van der Waals surface area contributed by atoms with E-state index in [0.29, 0.717) is 23.3 Å². The molecule has 2 N–H and O–H groups in total. The molecule has 9 nitrogen and oxygen atoms in total.